The third kappa shape index (κ3) is 5.62. The predicted molar refractivity (Wildman–Crippen MR) is 147 cm³/mol. The Labute approximate surface area is 223 Å². The molecule has 200 valence electrons. The van der Waals surface area contributed by atoms with Crippen LogP contribution in [-0.2, 0) is 17.7 Å². The molecule has 1 aromatic carbocycles. The molecule has 9 heteroatoms. The van der Waals surface area contributed by atoms with Gasteiger partial charge in [0.1, 0.15) is 0 Å². The van der Waals surface area contributed by atoms with Gasteiger partial charge in [0.25, 0.3) is 0 Å². The van der Waals surface area contributed by atoms with Crippen LogP contribution < -0.4 is 5.69 Å². The summed E-state index contributed by atoms with van der Waals surface area (Å²) in [6.07, 6.45) is 13.8. The number of nitrogens with one attached hydrogen (secondary N) is 1. The van der Waals surface area contributed by atoms with Gasteiger partial charge in [-0.2, -0.15) is 0 Å². The Morgan fingerprint density at radius 3 is 2.58 bits per heavy atom. The molecule has 1 aliphatic carbocycles. The number of tetrazole rings is 1. The van der Waals surface area contributed by atoms with Gasteiger partial charge in [-0.25, -0.2) is 9.89 Å². The van der Waals surface area contributed by atoms with Gasteiger partial charge in [-0.05, 0) is 47.7 Å². The topological polar surface area (TPSA) is 104 Å². The van der Waals surface area contributed by atoms with Crippen LogP contribution in [0.5, 0.6) is 0 Å². The van der Waals surface area contributed by atoms with E-state index in [-0.39, 0.29) is 17.8 Å². The molecule has 1 saturated carbocycles. The number of aryl methyl sites for hydroxylation is 1. The van der Waals surface area contributed by atoms with Crippen LogP contribution in [0.25, 0.3) is 22.6 Å². The molecule has 1 fully saturated rings. The maximum atomic E-state index is 13.8. The predicted octanol–water partition coefficient (Wildman–Crippen LogP) is 5.19. The molecule has 1 aliphatic rings. The Morgan fingerprint density at radius 1 is 1.05 bits per heavy atom. The molecule has 5 rings (SSSR count). The second kappa shape index (κ2) is 12.3. The molecule has 2 atom stereocenters. The molecule has 4 aromatic rings. The molecule has 1 N–H and O–H groups in total. The minimum absolute atomic E-state index is 0.0518. The minimum Gasteiger partial charge on any atom is -0.379 e. The molecule has 9 nitrogen and oxygen atoms in total. The number of H-pyrrole nitrogens is 1. The minimum atomic E-state index is 0.0518. The second-order valence-corrected chi connectivity index (χ2v) is 10.2. The largest absolute Gasteiger partial charge is 0.379 e. The summed E-state index contributed by atoms with van der Waals surface area (Å²) in [7, 11) is 1.78. The first-order valence-electron chi connectivity index (χ1n) is 13.8. The Morgan fingerprint density at radius 2 is 1.87 bits per heavy atom. The van der Waals surface area contributed by atoms with E-state index in [1.807, 2.05) is 45.7 Å². The van der Waals surface area contributed by atoms with Crippen molar-refractivity contribution in [2.45, 2.75) is 83.4 Å². The van der Waals surface area contributed by atoms with Crippen LogP contribution in [0.4, 0.5) is 0 Å². The van der Waals surface area contributed by atoms with Crippen LogP contribution in [0, 0.1) is 0 Å². The zero-order chi connectivity index (χ0) is 26.3. The maximum absolute atomic E-state index is 13.8. The molecule has 0 bridgehead atoms. The highest BCUT2D eigenvalue weighted by Crippen LogP contribution is 2.30. The van der Waals surface area contributed by atoms with Gasteiger partial charge >= 0.3 is 5.69 Å². The van der Waals surface area contributed by atoms with Gasteiger partial charge in [-0.3, -0.25) is 14.1 Å². The SMILES string of the molecule is CCCCc1cn(C2CCCCCCC2OC)c(=O)n1Cc1ccc(-c2ccccc2-c2nnn[nH]2)nc1. The first kappa shape index (κ1) is 26.0. The second-order valence-electron chi connectivity index (χ2n) is 10.2. The summed E-state index contributed by atoms with van der Waals surface area (Å²) in [5, 5.41) is 14.3. The standard InChI is InChI=1S/C29H37N7O2/c1-3-4-11-22-20-36(26-14-7-5-6-8-15-27(26)38-2)29(37)35(22)19-21-16-17-25(30-18-21)23-12-9-10-13-24(23)28-31-33-34-32-28/h9-10,12-13,16-18,20,26-27H,3-8,11,14-15,19H2,1-2H3,(H,31,32,33,34). The van der Waals surface area contributed by atoms with E-state index in [0.29, 0.717) is 12.4 Å². The molecular weight excluding hydrogens is 478 g/mol. The summed E-state index contributed by atoms with van der Waals surface area (Å²) >= 11 is 0. The van der Waals surface area contributed by atoms with Gasteiger partial charge in [0, 0.05) is 36.3 Å². The lowest BCUT2D eigenvalue weighted by molar-refractivity contribution is 0.0381. The molecule has 38 heavy (non-hydrogen) atoms. The van der Waals surface area contributed by atoms with Crippen LogP contribution in [0.1, 0.15) is 75.6 Å². The fourth-order valence-electron chi connectivity index (χ4n) is 5.58. The molecule has 3 aromatic heterocycles. The van der Waals surface area contributed by atoms with Crippen molar-refractivity contribution in [1.29, 1.82) is 0 Å². The number of hydrogen-bond donors (Lipinski definition) is 1. The molecule has 0 radical (unpaired) electrons. The highest BCUT2D eigenvalue weighted by Gasteiger charge is 2.27. The number of imidazole rings is 1. The molecule has 0 amide bonds. The van der Waals surface area contributed by atoms with E-state index in [4.69, 9.17) is 9.72 Å². The summed E-state index contributed by atoms with van der Waals surface area (Å²) in [4.78, 5) is 18.6. The number of benzene rings is 1. The van der Waals surface area contributed by atoms with Crippen LogP contribution in [0.2, 0.25) is 0 Å². The highest BCUT2D eigenvalue weighted by molar-refractivity contribution is 5.78. The fourth-order valence-corrected chi connectivity index (χ4v) is 5.58. The van der Waals surface area contributed by atoms with Gasteiger partial charge in [-0.15, -0.1) is 5.10 Å². The number of hydrogen-bond acceptors (Lipinski definition) is 6. The number of methoxy groups -OCH3 is 1. The normalized spacial score (nSPS) is 18.3. The zero-order valence-corrected chi connectivity index (χ0v) is 22.3. The van der Waals surface area contributed by atoms with Crippen molar-refractivity contribution >= 4 is 0 Å². The quantitative estimate of drug-likeness (QED) is 0.329. The van der Waals surface area contributed by atoms with Crippen molar-refractivity contribution in [3.8, 4) is 22.6 Å². The number of aromatic amines is 1. The third-order valence-corrected chi connectivity index (χ3v) is 7.67. The van der Waals surface area contributed by atoms with Crippen LogP contribution in [-0.4, -0.2) is 48.0 Å². The van der Waals surface area contributed by atoms with Gasteiger partial charge in [0.05, 0.1) is 24.4 Å². The summed E-state index contributed by atoms with van der Waals surface area (Å²) < 4.78 is 9.80. The monoisotopic (exact) mass is 515 g/mol. The van der Waals surface area contributed by atoms with Crippen molar-refractivity contribution in [3.63, 3.8) is 0 Å². The van der Waals surface area contributed by atoms with Gasteiger partial charge < -0.3 is 4.74 Å². The van der Waals surface area contributed by atoms with Crippen molar-refractivity contribution < 1.29 is 4.74 Å². The zero-order valence-electron chi connectivity index (χ0n) is 22.3. The number of unbranched alkanes of at least 4 members (excludes halogenated alkanes) is 1. The van der Waals surface area contributed by atoms with Gasteiger partial charge in [-0.1, -0.05) is 69.4 Å². The number of nitrogens with zero attached hydrogens (tertiary/aromatic N) is 6. The van der Waals surface area contributed by atoms with Gasteiger partial charge in [0.15, 0.2) is 5.82 Å². The number of pyridine rings is 1. The smallest absolute Gasteiger partial charge is 0.329 e. The Kier molecular flexibility index (Phi) is 8.43. The average Bonchev–Trinajstić information content (AvgIpc) is 3.57. The van der Waals surface area contributed by atoms with E-state index in [9.17, 15) is 4.79 Å². The maximum Gasteiger partial charge on any atom is 0.329 e. The summed E-state index contributed by atoms with van der Waals surface area (Å²) in [5.41, 5.74) is 4.79. The lowest BCUT2D eigenvalue weighted by Gasteiger charge is -2.28. The third-order valence-electron chi connectivity index (χ3n) is 7.67. The molecule has 2 unspecified atom stereocenters. The van der Waals surface area contributed by atoms with E-state index in [0.717, 1.165) is 73.0 Å². The molecule has 3 heterocycles. The summed E-state index contributed by atoms with van der Waals surface area (Å²) in [5.74, 6) is 0.600. The number of rotatable bonds is 9. The molecular formula is C29H37N7O2. The Bertz CT molecular complexity index is 1360. The summed E-state index contributed by atoms with van der Waals surface area (Å²) in [6.45, 7) is 2.68. The Balaban J connectivity index is 1.44. The van der Waals surface area contributed by atoms with Crippen LogP contribution >= 0.6 is 0 Å². The van der Waals surface area contributed by atoms with E-state index in [1.54, 1.807) is 7.11 Å². The van der Waals surface area contributed by atoms with Crippen LogP contribution in [0.3, 0.4) is 0 Å². The molecule has 0 aliphatic heterocycles. The van der Waals surface area contributed by atoms with E-state index < -0.39 is 0 Å². The fraction of sp³-hybridized carbons (Fsp3) is 0.483. The first-order chi connectivity index (χ1) is 18.7. The van der Waals surface area contributed by atoms with Gasteiger partial charge in [0.2, 0.25) is 0 Å². The Hall–Kier alpha value is -3.59. The lowest BCUT2D eigenvalue weighted by atomic mass is 9.94. The molecule has 0 spiro atoms. The van der Waals surface area contributed by atoms with Crippen molar-refractivity contribution in [2.24, 2.45) is 0 Å². The average molecular weight is 516 g/mol. The van der Waals surface area contributed by atoms with Crippen molar-refractivity contribution in [2.75, 3.05) is 7.11 Å². The van der Waals surface area contributed by atoms with E-state index in [2.05, 4.69) is 39.8 Å². The first-order valence-corrected chi connectivity index (χ1v) is 13.8. The highest BCUT2D eigenvalue weighted by atomic mass is 16.5. The summed E-state index contributed by atoms with van der Waals surface area (Å²) in [6, 6.07) is 12.0. The van der Waals surface area contributed by atoms with Crippen molar-refractivity contribution in [3.05, 3.63) is 70.5 Å². The lowest BCUT2D eigenvalue weighted by Crippen LogP contribution is -2.35. The van der Waals surface area contributed by atoms with E-state index >= 15 is 0 Å². The molecule has 0 saturated heterocycles. The number of ether oxygens (including phenoxy) is 1. The number of aromatic nitrogens is 7. The van der Waals surface area contributed by atoms with Crippen molar-refractivity contribution in [1.82, 2.24) is 34.7 Å². The van der Waals surface area contributed by atoms with E-state index in [1.165, 1.54) is 12.8 Å². The van der Waals surface area contributed by atoms with Crippen LogP contribution in [0.15, 0.2) is 53.6 Å².